The number of amides is 1. The largest absolute Gasteiger partial charge is 0.497 e. The Labute approximate surface area is 115 Å². The zero-order valence-electron chi connectivity index (χ0n) is 11.9. The van der Waals surface area contributed by atoms with Crippen LogP contribution in [0.4, 0.5) is 0 Å². The molecule has 0 aliphatic carbocycles. The second-order valence-electron chi connectivity index (χ2n) is 4.73. The number of hydrogen-bond acceptors (Lipinski definition) is 2. The van der Waals surface area contributed by atoms with Crippen molar-refractivity contribution in [1.29, 1.82) is 0 Å². The lowest BCUT2D eigenvalue weighted by atomic mass is 9.94. The third kappa shape index (κ3) is 4.62. The highest BCUT2D eigenvalue weighted by molar-refractivity contribution is 5.88. The Morgan fingerprint density at radius 2 is 1.84 bits per heavy atom. The molecule has 1 N–H and O–H groups in total. The number of carbonyl (C=O) groups is 1. The van der Waals surface area contributed by atoms with Gasteiger partial charge in [0.2, 0.25) is 5.91 Å². The van der Waals surface area contributed by atoms with Crippen molar-refractivity contribution in [3.05, 3.63) is 54.1 Å². The van der Waals surface area contributed by atoms with E-state index < -0.39 is 5.54 Å². The first-order valence-electron chi connectivity index (χ1n) is 6.25. The summed E-state index contributed by atoms with van der Waals surface area (Å²) >= 11 is 0. The quantitative estimate of drug-likeness (QED) is 0.651. The molecule has 0 aromatic heterocycles. The molecule has 0 fully saturated rings. The summed E-state index contributed by atoms with van der Waals surface area (Å²) in [5.74, 6) is 0.692. The standard InChI is InChI=1S/C16H21NO2/c1-5-6-7-8-15(18)17-16(2,3)13-9-11-14(19-4)12-10-13/h5-12H,1-4H3,(H,17,18)/b6-5+,8-7+. The van der Waals surface area contributed by atoms with Crippen LogP contribution in [-0.2, 0) is 10.3 Å². The molecule has 1 rings (SSSR count). The highest BCUT2D eigenvalue weighted by Gasteiger charge is 2.21. The third-order valence-corrected chi connectivity index (χ3v) is 2.80. The van der Waals surface area contributed by atoms with Crippen molar-refractivity contribution in [2.45, 2.75) is 26.3 Å². The molecule has 102 valence electrons. The molecule has 19 heavy (non-hydrogen) atoms. The first kappa shape index (κ1) is 15.0. The number of benzene rings is 1. The molecule has 0 saturated heterocycles. The number of methoxy groups -OCH3 is 1. The van der Waals surface area contributed by atoms with E-state index >= 15 is 0 Å². The summed E-state index contributed by atoms with van der Waals surface area (Å²) in [5.41, 5.74) is 0.602. The molecule has 0 radical (unpaired) electrons. The average Bonchev–Trinajstić information content (AvgIpc) is 2.38. The van der Waals surface area contributed by atoms with Gasteiger partial charge >= 0.3 is 0 Å². The molecule has 0 aliphatic heterocycles. The Kier molecular flexibility index (Phi) is 5.37. The summed E-state index contributed by atoms with van der Waals surface area (Å²) in [7, 11) is 1.63. The Bertz CT molecular complexity index is 470. The Morgan fingerprint density at radius 1 is 1.21 bits per heavy atom. The number of hydrogen-bond donors (Lipinski definition) is 1. The summed E-state index contributed by atoms with van der Waals surface area (Å²) in [5, 5.41) is 2.97. The zero-order chi connectivity index (χ0) is 14.3. The maximum atomic E-state index is 11.8. The van der Waals surface area contributed by atoms with Crippen molar-refractivity contribution >= 4 is 5.91 Å². The molecule has 0 saturated carbocycles. The van der Waals surface area contributed by atoms with Crippen LogP contribution >= 0.6 is 0 Å². The van der Waals surface area contributed by atoms with Crippen LogP contribution in [0.25, 0.3) is 0 Å². The molecule has 0 atom stereocenters. The maximum absolute atomic E-state index is 11.8. The lowest BCUT2D eigenvalue weighted by molar-refractivity contribution is -0.118. The molecular weight excluding hydrogens is 238 g/mol. The van der Waals surface area contributed by atoms with Gasteiger partial charge in [-0.1, -0.05) is 30.4 Å². The van der Waals surface area contributed by atoms with Gasteiger partial charge in [0.1, 0.15) is 5.75 Å². The molecule has 1 amide bonds. The zero-order valence-corrected chi connectivity index (χ0v) is 11.9. The van der Waals surface area contributed by atoms with Crippen molar-refractivity contribution in [3.63, 3.8) is 0 Å². The summed E-state index contributed by atoms with van der Waals surface area (Å²) in [6.45, 7) is 5.84. The van der Waals surface area contributed by atoms with E-state index in [-0.39, 0.29) is 5.91 Å². The van der Waals surface area contributed by atoms with Crippen molar-refractivity contribution < 1.29 is 9.53 Å². The highest BCUT2D eigenvalue weighted by atomic mass is 16.5. The first-order chi connectivity index (χ1) is 8.99. The predicted octanol–water partition coefficient (Wildman–Crippen LogP) is 3.18. The molecule has 3 nitrogen and oxygen atoms in total. The van der Waals surface area contributed by atoms with Crippen LogP contribution in [0.3, 0.4) is 0 Å². The summed E-state index contributed by atoms with van der Waals surface area (Å²) < 4.78 is 5.12. The second-order valence-corrected chi connectivity index (χ2v) is 4.73. The van der Waals surface area contributed by atoms with Gasteiger partial charge in [-0.25, -0.2) is 0 Å². The first-order valence-corrected chi connectivity index (χ1v) is 6.25. The monoisotopic (exact) mass is 259 g/mol. The third-order valence-electron chi connectivity index (χ3n) is 2.80. The predicted molar refractivity (Wildman–Crippen MR) is 78.1 cm³/mol. The van der Waals surface area contributed by atoms with Gasteiger partial charge < -0.3 is 10.1 Å². The Morgan fingerprint density at radius 3 is 2.37 bits per heavy atom. The van der Waals surface area contributed by atoms with Crippen molar-refractivity contribution in [2.24, 2.45) is 0 Å². The summed E-state index contributed by atoms with van der Waals surface area (Å²) in [6, 6.07) is 7.68. The number of rotatable bonds is 5. The van der Waals surface area contributed by atoms with Gasteiger partial charge in [0, 0.05) is 6.08 Å². The number of allylic oxidation sites excluding steroid dienone is 3. The normalized spacial score (nSPS) is 12.0. The fourth-order valence-corrected chi connectivity index (χ4v) is 1.68. The van der Waals surface area contributed by atoms with E-state index in [9.17, 15) is 4.79 Å². The van der Waals surface area contributed by atoms with Crippen molar-refractivity contribution in [3.8, 4) is 5.75 Å². The fourth-order valence-electron chi connectivity index (χ4n) is 1.68. The van der Waals surface area contributed by atoms with Gasteiger partial charge in [0.25, 0.3) is 0 Å². The molecule has 0 unspecified atom stereocenters. The van der Waals surface area contributed by atoms with Gasteiger partial charge in [-0.05, 0) is 38.5 Å². The minimum Gasteiger partial charge on any atom is -0.497 e. The lowest BCUT2D eigenvalue weighted by Gasteiger charge is -2.26. The van der Waals surface area contributed by atoms with E-state index in [4.69, 9.17) is 4.74 Å². The molecule has 0 aliphatic rings. The van der Waals surface area contributed by atoms with Gasteiger partial charge in [-0.2, -0.15) is 0 Å². The van der Waals surface area contributed by atoms with Crippen LogP contribution in [0.2, 0.25) is 0 Å². The lowest BCUT2D eigenvalue weighted by Crippen LogP contribution is -2.40. The van der Waals surface area contributed by atoms with Gasteiger partial charge in [0.05, 0.1) is 12.6 Å². The van der Waals surface area contributed by atoms with E-state index in [1.165, 1.54) is 6.08 Å². The minimum atomic E-state index is -0.427. The molecule has 0 heterocycles. The Balaban J connectivity index is 2.76. The molecular formula is C16H21NO2. The molecule has 0 bridgehead atoms. The molecule has 1 aromatic rings. The van der Waals surface area contributed by atoms with Crippen LogP contribution in [0.5, 0.6) is 5.75 Å². The van der Waals surface area contributed by atoms with Crippen molar-refractivity contribution in [1.82, 2.24) is 5.32 Å². The van der Waals surface area contributed by atoms with Crippen LogP contribution in [-0.4, -0.2) is 13.0 Å². The van der Waals surface area contributed by atoms with E-state index in [1.807, 2.05) is 57.2 Å². The van der Waals surface area contributed by atoms with E-state index in [2.05, 4.69) is 5.32 Å². The van der Waals surface area contributed by atoms with E-state index in [0.717, 1.165) is 11.3 Å². The van der Waals surface area contributed by atoms with E-state index in [1.54, 1.807) is 13.2 Å². The SMILES string of the molecule is C/C=C/C=C/C(=O)NC(C)(C)c1ccc(OC)cc1. The highest BCUT2D eigenvalue weighted by Crippen LogP contribution is 2.22. The molecule has 3 heteroatoms. The topological polar surface area (TPSA) is 38.3 Å². The van der Waals surface area contributed by atoms with Gasteiger partial charge in [-0.15, -0.1) is 0 Å². The van der Waals surface area contributed by atoms with Crippen LogP contribution in [0, 0.1) is 0 Å². The number of carbonyl (C=O) groups excluding carboxylic acids is 1. The minimum absolute atomic E-state index is 0.112. The Hall–Kier alpha value is -2.03. The van der Waals surface area contributed by atoms with Crippen molar-refractivity contribution in [2.75, 3.05) is 7.11 Å². The second kappa shape index (κ2) is 6.78. The summed E-state index contributed by atoms with van der Waals surface area (Å²) in [6.07, 6.45) is 6.93. The van der Waals surface area contributed by atoms with Crippen LogP contribution < -0.4 is 10.1 Å². The molecule has 0 spiro atoms. The van der Waals surface area contributed by atoms with Gasteiger partial charge in [-0.3, -0.25) is 4.79 Å². The molecule has 1 aromatic carbocycles. The number of nitrogens with one attached hydrogen (secondary N) is 1. The number of ether oxygens (including phenoxy) is 1. The summed E-state index contributed by atoms with van der Waals surface area (Å²) in [4.78, 5) is 11.8. The average molecular weight is 259 g/mol. The van der Waals surface area contributed by atoms with Crippen LogP contribution in [0.1, 0.15) is 26.3 Å². The maximum Gasteiger partial charge on any atom is 0.244 e. The van der Waals surface area contributed by atoms with Crippen LogP contribution in [0.15, 0.2) is 48.6 Å². The smallest absolute Gasteiger partial charge is 0.244 e. The van der Waals surface area contributed by atoms with E-state index in [0.29, 0.717) is 0 Å². The van der Waals surface area contributed by atoms with Gasteiger partial charge in [0.15, 0.2) is 0 Å². The fraction of sp³-hybridized carbons (Fsp3) is 0.312.